The van der Waals surface area contributed by atoms with Crippen LogP contribution in [0.15, 0.2) is 21.3 Å². The van der Waals surface area contributed by atoms with Crippen molar-refractivity contribution in [1.82, 2.24) is 4.98 Å². The van der Waals surface area contributed by atoms with Crippen molar-refractivity contribution in [2.45, 2.75) is 54.4 Å². The average molecular weight is 251 g/mol. The number of nitrogens with one attached hydrogen (secondary N) is 1. The zero-order chi connectivity index (χ0) is 14.1. The fourth-order valence-corrected chi connectivity index (χ4v) is 1.74. The Hall–Kier alpha value is -1.51. The Bertz CT molecular complexity index is 465. The zero-order valence-corrected chi connectivity index (χ0v) is 12.4. The Kier molecular flexibility index (Phi) is 7.84. The van der Waals surface area contributed by atoms with E-state index in [9.17, 15) is 4.79 Å². The Balaban J connectivity index is 0.000000659. The quantitative estimate of drug-likeness (QED) is 0.865. The van der Waals surface area contributed by atoms with Gasteiger partial charge in [0.25, 0.3) is 0 Å². The van der Waals surface area contributed by atoms with Gasteiger partial charge in [0.2, 0.25) is 0 Å². The van der Waals surface area contributed by atoms with Gasteiger partial charge in [-0.3, -0.25) is 4.98 Å². The molecule has 0 atom stereocenters. The van der Waals surface area contributed by atoms with Crippen LogP contribution in [0.3, 0.4) is 0 Å². The lowest BCUT2D eigenvalue weighted by atomic mass is 10.0. The first-order valence-corrected chi connectivity index (χ1v) is 6.89. The van der Waals surface area contributed by atoms with E-state index in [1.54, 1.807) is 0 Å². The van der Waals surface area contributed by atoms with Crippen molar-refractivity contribution in [3.05, 3.63) is 33.8 Å². The van der Waals surface area contributed by atoms with E-state index in [1.165, 1.54) is 11.1 Å². The van der Waals surface area contributed by atoms with Gasteiger partial charge in [-0.2, -0.15) is 0 Å². The Morgan fingerprint density at radius 1 is 1.00 bits per heavy atom. The summed E-state index contributed by atoms with van der Waals surface area (Å²) in [4.78, 5) is 13.6. The zero-order valence-electron chi connectivity index (χ0n) is 12.4. The highest BCUT2D eigenvalue weighted by Gasteiger charge is 2.05. The number of aromatic nitrogens is 1. The number of hydrogen-bond donors (Lipinski definition) is 1. The summed E-state index contributed by atoms with van der Waals surface area (Å²) < 4.78 is 5.00. The van der Waals surface area contributed by atoms with E-state index in [0.29, 0.717) is 5.58 Å². The molecule has 2 aromatic rings. The van der Waals surface area contributed by atoms with E-state index in [0.717, 1.165) is 18.4 Å². The molecular weight excluding hydrogens is 226 g/mol. The molecule has 1 aromatic heterocycles. The molecule has 3 heteroatoms. The second kappa shape index (κ2) is 8.56. The molecule has 3 nitrogen and oxygen atoms in total. The summed E-state index contributed by atoms with van der Waals surface area (Å²) in [6.07, 6.45) is 1.94. The number of hydrogen-bond acceptors (Lipinski definition) is 2. The molecule has 0 spiro atoms. The smallest absolute Gasteiger partial charge is 0.408 e. The topological polar surface area (TPSA) is 46.0 Å². The van der Waals surface area contributed by atoms with Gasteiger partial charge in [0.1, 0.15) is 0 Å². The largest absolute Gasteiger partial charge is 0.417 e. The number of H-pyrrole nitrogens is 1. The van der Waals surface area contributed by atoms with Crippen molar-refractivity contribution in [3.8, 4) is 0 Å². The van der Waals surface area contributed by atoms with Gasteiger partial charge in [-0.25, -0.2) is 4.79 Å². The Labute approximate surface area is 109 Å². The summed E-state index contributed by atoms with van der Waals surface area (Å²) in [5.74, 6) is -0.379. The van der Waals surface area contributed by atoms with Crippen molar-refractivity contribution in [2.75, 3.05) is 0 Å². The molecule has 0 aliphatic heterocycles. The molecule has 0 saturated carbocycles. The first-order valence-electron chi connectivity index (χ1n) is 6.89. The van der Waals surface area contributed by atoms with Gasteiger partial charge in [0.15, 0.2) is 5.58 Å². The van der Waals surface area contributed by atoms with E-state index in [4.69, 9.17) is 4.42 Å². The van der Waals surface area contributed by atoms with Crippen LogP contribution in [-0.2, 0) is 12.8 Å². The maximum absolute atomic E-state index is 11.0. The van der Waals surface area contributed by atoms with Crippen LogP contribution in [0.25, 0.3) is 11.1 Å². The van der Waals surface area contributed by atoms with Crippen LogP contribution < -0.4 is 5.76 Å². The molecule has 1 aromatic carbocycles. The molecule has 0 aliphatic rings. The lowest BCUT2D eigenvalue weighted by Gasteiger charge is -2.03. The predicted molar refractivity (Wildman–Crippen MR) is 78.3 cm³/mol. The fraction of sp³-hybridized carbons (Fsp3) is 0.533. The molecule has 0 saturated heterocycles. The van der Waals surface area contributed by atoms with E-state index in [-0.39, 0.29) is 5.76 Å². The molecule has 18 heavy (non-hydrogen) atoms. The van der Waals surface area contributed by atoms with Crippen molar-refractivity contribution < 1.29 is 4.42 Å². The summed E-state index contributed by atoms with van der Waals surface area (Å²) in [6.45, 7) is 12.2. The van der Waals surface area contributed by atoms with Crippen LogP contribution in [0.4, 0.5) is 0 Å². The predicted octanol–water partition coefficient (Wildman–Crippen LogP) is 4.30. The van der Waals surface area contributed by atoms with Crippen molar-refractivity contribution in [1.29, 1.82) is 0 Å². The van der Waals surface area contributed by atoms with E-state index in [1.807, 2.05) is 39.8 Å². The van der Waals surface area contributed by atoms with E-state index in [2.05, 4.69) is 18.8 Å². The summed E-state index contributed by atoms with van der Waals surface area (Å²) >= 11 is 0. The average Bonchev–Trinajstić information content (AvgIpc) is 2.80. The molecule has 1 N–H and O–H groups in total. The minimum atomic E-state index is -0.379. The lowest BCUT2D eigenvalue weighted by molar-refractivity contribution is 0.555. The molecule has 0 fully saturated rings. The monoisotopic (exact) mass is 251 g/mol. The highest BCUT2D eigenvalue weighted by Crippen LogP contribution is 2.18. The molecular formula is C15H25NO2. The van der Waals surface area contributed by atoms with E-state index >= 15 is 0 Å². The van der Waals surface area contributed by atoms with Crippen molar-refractivity contribution >= 4 is 11.1 Å². The van der Waals surface area contributed by atoms with Gasteiger partial charge in [0.05, 0.1) is 5.52 Å². The normalized spacial score (nSPS) is 9.22. The number of fused-ring (bicyclic) bond motifs is 1. The summed E-state index contributed by atoms with van der Waals surface area (Å²) in [6, 6.07) is 3.95. The summed E-state index contributed by atoms with van der Waals surface area (Å²) in [5, 5.41) is 0. The van der Waals surface area contributed by atoms with Crippen molar-refractivity contribution in [3.63, 3.8) is 0 Å². The maximum Gasteiger partial charge on any atom is 0.417 e. The van der Waals surface area contributed by atoms with Gasteiger partial charge < -0.3 is 4.42 Å². The maximum atomic E-state index is 11.0. The molecule has 0 aliphatic carbocycles. The summed E-state index contributed by atoms with van der Waals surface area (Å²) in [7, 11) is 0. The number of rotatable bonds is 2. The molecule has 0 amide bonds. The minimum Gasteiger partial charge on any atom is -0.408 e. The SMILES string of the molecule is CC.CC.CCc1cc2[nH]c(=O)oc2cc1CC. The van der Waals surface area contributed by atoms with Crippen LogP contribution in [0.5, 0.6) is 0 Å². The van der Waals surface area contributed by atoms with Gasteiger partial charge in [-0.1, -0.05) is 41.5 Å². The number of aromatic amines is 1. The molecule has 102 valence electrons. The number of benzene rings is 1. The highest BCUT2D eigenvalue weighted by molar-refractivity contribution is 5.74. The Morgan fingerprint density at radius 2 is 1.50 bits per heavy atom. The number of aryl methyl sites for hydroxylation is 2. The molecule has 0 bridgehead atoms. The van der Waals surface area contributed by atoms with Crippen LogP contribution in [0.1, 0.15) is 52.7 Å². The van der Waals surface area contributed by atoms with Crippen LogP contribution in [0, 0.1) is 0 Å². The van der Waals surface area contributed by atoms with Crippen LogP contribution in [-0.4, -0.2) is 4.98 Å². The lowest BCUT2D eigenvalue weighted by Crippen LogP contribution is -1.93. The molecule has 2 rings (SSSR count). The third kappa shape index (κ3) is 3.76. The first kappa shape index (κ1) is 16.5. The third-order valence-electron chi connectivity index (χ3n) is 2.50. The fourth-order valence-electron chi connectivity index (χ4n) is 1.74. The molecule has 0 unspecified atom stereocenters. The summed E-state index contributed by atoms with van der Waals surface area (Å²) in [5.41, 5.74) is 3.98. The van der Waals surface area contributed by atoms with Crippen LogP contribution in [0.2, 0.25) is 0 Å². The first-order chi connectivity index (χ1) is 8.74. The van der Waals surface area contributed by atoms with Gasteiger partial charge >= 0.3 is 5.76 Å². The molecule has 1 heterocycles. The minimum absolute atomic E-state index is 0.379. The van der Waals surface area contributed by atoms with Gasteiger partial charge in [-0.05, 0) is 36.1 Å². The van der Waals surface area contributed by atoms with Crippen LogP contribution >= 0.6 is 0 Å². The number of oxazole rings is 1. The van der Waals surface area contributed by atoms with Crippen molar-refractivity contribution in [2.24, 2.45) is 0 Å². The van der Waals surface area contributed by atoms with E-state index < -0.39 is 0 Å². The third-order valence-corrected chi connectivity index (χ3v) is 2.50. The second-order valence-corrected chi connectivity index (χ2v) is 3.34. The molecule has 0 radical (unpaired) electrons. The highest BCUT2D eigenvalue weighted by atomic mass is 16.4. The van der Waals surface area contributed by atoms with Gasteiger partial charge in [0, 0.05) is 0 Å². The second-order valence-electron chi connectivity index (χ2n) is 3.34. The Morgan fingerprint density at radius 3 is 2.00 bits per heavy atom. The standard InChI is InChI=1S/C11H13NO2.2C2H6/c1-3-7-5-9-10(6-8(7)4-2)14-11(13)12-9;2*1-2/h5-6H,3-4H2,1-2H3,(H,12,13);2*1-2H3. The van der Waals surface area contributed by atoms with Gasteiger partial charge in [-0.15, -0.1) is 0 Å².